The van der Waals surface area contributed by atoms with Crippen LogP contribution in [0.1, 0.15) is 23.2 Å². The number of nitrogens with zero attached hydrogens (tertiary/aromatic N) is 1. The summed E-state index contributed by atoms with van der Waals surface area (Å²) in [4.78, 5) is 12.7. The summed E-state index contributed by atoms with van der Waals surface area (Å²) in [5.41, 5.74) is 1.05. The molecule has 84 valence electrons. The quantitative estimate of drug-likeness (QED) is 0.831. The Morgan fingerprint density at radius 2 is 2.06 bits per heavy atom. The molecule has 3 nitrogen and oxygen atoms in total. The Kier molecular flexibility index (Phi) is 1.79. The Hall–Kier alpha value is -1.58. The van der Waals surface area contributed by atoms with Crippen LogP contribution < -0.4 is 4.90 Å². The number of anilines is 1. The Labute approximate surface area is 92.5 Å². The summed E-state index contributed by atoms with van der Waals surface area (Å²) in [7, 11) is 0. The highest BCUT2D eigenvalue weighted by Gasteiger charge is 2.52. The number of carboxylic acids is 1. The summed E-state index contributed by atoms with van der Waals surface area (Å²) in [5.74, 6) is -1.87. The lowest BCUT2D eigenvalue weighted by atomic mass is 9.96. The SMILES string of the molecule is O=C(O)c1ccc(N2CC3(CC3)C2)cc1F. The predicted octanol–water partition coefficient (Wildman–Crippen LogP) is 2.12. The number of hydrogen-bond acceptors (Lipinski definition) is 2. The van der Waals surface area contributed by atoms with Crippen LogP contribution in [0.3, 0.4) is 0 Å². The largest absolute Gasteiger partial charge is 0.478 e. The van der Waals surface area contributed by atoms with Crippen LogP contribution in [-0.4, -0.2) is 24.2 Å². The lowest BCUT2D eigenvalue weighted by Crippen LogP contribution is -2.48. The van der Waals surface area contributed by atoms with E-state index in [-0.39, 0.29) is 5.56 Å². The maximum atomic E-state index is 13.4. The normalized spacial score (nSPS) is 20.7. The van der Waals surface area contributed by atoms with E-state index in [4.69, 9.17) is 5.11 Å². The molecule has 1 spiro atoms. The zero-order valence-electron chi connectivity index (χ0n) is 8.74. The maximum Gasteiger partial charge on any atom is 0.338 e. The molecule has 4 heteroatoms. The number of hydrogen-bond donors (Lipinski definition) is 1. The van der Waals surface area contributed by atoms with E-state index in [9.17, 15) is 9.18 Å². The summed E-state index contributed by atoms with van der Waals surface area (Å²) < 4.78 is 13.4. The van der Waals surface area contributed by atoms with Gasteiger partial charge in [0.05, 0.1) is 5.56 Å². The van der Waals surface area contributed by atoms with Gasteiger partial charge in [0.25, 0.3) is 0 Å². The fourth-order valence-corrected chi connectivity index (χ4v) is 2.31. The zero-order valence-corrected chi connectivity index (χ0v) is 8.74. The van der Waals surface area contributed by atoms with Crippen LogP contribution >= 0.6 is 0 Å². The van der Waals surface area contributed by atoms with Crippen molar-refractivity contribution in [1.29, 1.82) is 0 Å². The molecule has 1 aromatic rings. The van der Waals surface area contributed by atoms with Gasteiger partial charge in [-0.15, -0.1) is 0 Å². The van der Waals surface area contributed by atoms with Crippen molar-refractivity contribution in [3.63, 3.8) is 0 Å². The molecule has 0 unspecified atom stereocenters. The van der Waals surface area contributed by atoms with E-state index < -0.39 is 11.8 Å². The smallest absolute Gasteiger partial charge is 0.338 e. The van der Waals surface area contributed by atoms with E-state index in [1.807, 2.05) is 0 Å². The summed E-state index contributed by atoms with van der Waals surface area (Å²) in [5, 5.41) is 8.71. The molecule has 0 radical (unpaired) electrons. The van der Waals surface area contributed by atoms with Crippen molar-refractivity contribution in [3.8, 4) is 0 Å². The van der Waals surface area contributed by atoms with Crippen LogP contribution in [0.15, 0.2) is 18.2 Å². The molecule has 1 saturated carbocycles. The van der Waals surface area contributed by atoms with Gasteiger partial charge in [0.15, 0.2) is 0 Å². The van der Waals surface area contributed by atoms with E-state index in [0.717, 1.165) is 18.8 Å². The molecule has 1 aliphatic heterocycles. The standard InChI is InChI=1S/C12H12FNO2/c13-10-5-8(1-2-9(10)11(15)16)14-6-12(7-14)3-4-12/h1-2,5H,3-4,6-7H2,(H,15,16). The summed E-state index contributed by atoms with van der Waals surface area (Å²) >= 11 is 0. The van der Waals surface area contributed by atoms with Crippen molar-refractivity contribution in [2.45, 2.75) is 12.8 Å². The molecule has 3 rings (SSSR count). The predicted molar refractivity (Wildman–Crippen MR) is 57.2 cm³/mol. The van der Waals surface area contributed by atoms with Crippen LogP contribution in [0, 0.1) is 11.2 Å². The van der Waals surface area contributed by atoms with Crippen LogP contribution in [0.4, 0.5) is 10.1 Å². The van der Waals surface area contributed by atoms with Gasteiger partial charge in [-0.25, -0.2) is 9.18 Å². The third kappa shape index (κ3) is 1.37. The van der Waals surface area contributed by atoms with E-state index in [2.05, 4.69) is 4.90 Å². The van der Waals surface area contributed by atoms with E-state index >= 15 is 0 Å². The first-order chi connectivity index (χ1) is 7.60. The second-order valence-electron chi connectivity index (χ2n) is 4.83. The molecule has 2 aliphatic rings. The number of halogens is 1. The van der Waals surface area contributed by atoms with E-state index in [1.165, 1.54) is 25.0 Å². The fraction of sp³-hybridized carbons (Fsp3) is 0.417. The highest BCUT2D eigenvalue weighted by Crippen LogP contribution is 2.53. The Morgan fingerprint density at radius 3 is 2.56 bits per heavy atom. The lowest BCUT2D eigenvalue weighted by molar-refractivity contribution is 0.0692. The average molecular weight is 221 g/mol. The van der Waals surface area contributed by atoms with Gasteiger partial charge in [0.2, 0.25) is 0 Å². The molecule has 16 heavy (non-hydrogen) atoms. The molecule has 1 aliphatic carbocycles. The van der Waals surface area contributed by atoms with Crippen LogP contribution in [-0.2, 0) is 0 Å². The third-order valence-electron chi connectivity index (χ3n) is 3.56. The van der Waals surface area contributed by atoms with Crippen molar-refractivity contribution in [2.24, 2.45) is 5.41 Å². The number of benzene rings is 1. The highest BCUT2D eigenvalue weighted by atomic mass is 19.1. The first-order valence-electron chi connectivity index (χ1n) is 5.38. The van der Waals surface area contributed by atoms with E-state index in [1.54, 1.807) is 6.07 Å². The van der Waals surface area contributed by atoms with Gasteiger partial charge in [-0.3, -0.25) is 0 Å². The second-order valence-corrected chi connectivity index (χ2v) is 4.83. The molecule has 1 saturated heterocycles. The van der Waals surface area contributed by atoms with Gasteiger partial charge in [-0.05, 0) is 31.0 Å². The fourth-order valence-electron chi connectivity index (χ4n) is 2.31. The van der Waals surface area contributed by atoms with Gasteiger partial charge < -0.3 is 10.0 Å². The molecule has 2 fully saturated rings. The lowest BCUT2D eigenvalue weighted by Gasteiger charge is -2.41. The maximum absolute atomic E-state index is 13.4. The highest BCUT2D eigenvalue weighted by molar-refractivity contribution is 5.88. The van der Waals surface area contributed by atoms with Crippen molar-refractivity contribution < 1.29 is 14.3 Å². The van der Waals surface area contributed by atoms with Crippen molar-refractivity contribution in [3.05, 3.63) is 29.6 Å². The molecule has 1 heterocycles. The molecule has 0 amide bonds. The molecule has 1 N–H and O–H groups in total. The molecular formula is C12H12FNO2. The Morgan fingerprint density at radius 1 is 1.38 bits per heavy atom. The number of carboxylic acid groups (broad SMARTS) is 1. The van der Waals surface area contributed by atoms with Crippen LogP contribution in [0.25, 0.3) is 0 Å². The molecule has 1 aromatic carbocycles. The molecule has 0 bridgehead atoms. The minimum absolute atomic E-state index is 0.259. The van der Waals surface area contributed by atoms with Gasteiger partial charge in [-0.2, -0.15) is 0 Å². The minimum Gasteiger partial charge on any atom is -0.478 e. The minimum atomic E-state index is -1.22. The molecular weight excluding hydrogens is 209 g/mol. The van der Waals surface area contributed by atoms with E-state index in [0.29, 0.717) is 5.41 Å². The van der Waals surface area contributed by atoms with Crippen LogP contribution in [0.2, 0.25) is 0 Å². The topological polar surface area (TPSA) is 40.5 Å². The Bertz CT molecular complexity index is 460. The first kappa shape index (κ1) is 9.63. The molecule has 0 atom stereocenters. The summed E-state index contributed by atoms with van der Waals surface area (Å²) in [6, 6.07) is 4.34. The third-order valence-corrected chi connectivity index (χ3v) is 3.56. The first-order valence-corrected chi connectivity index (χ1v) is 5.38. The van der Waals surface area contributed by atoms with Crippen LogP contribution in [0.5, 0.6) is 0 Å². The van der Waals surface area contributed by atoms with Gasteiger partial charge in [0, 0.05) is 24.2 Å². The van der Waals surface area contributed by atoms with Crippen molar-refractivity contribution in [2.75, 3.05) is 18.0 Å². The van der Waals surface area contributed by atoms with Crippen molar-refractivity contribution >= 4 is 11.7 Å². The number of rotatable bonds is 2. The average Bonchev–Trinajstić information content (AvgIpc) is 2.94. The molecule has 0 aromatic heterocycles. The number of carbonyl (C=O) groups is 1. The monoisotopic (exact) mass is 221 g/mol. The van der Waals surface area contributed by atoms with Gasteiger partial charge in [-0.1, -0.05) is 0 Å². The van der Waals surface area contributed by atoms with Gasteiger partial charge in [0.1, 0.15) is 5.82 Å². The van der Waals surface area contributed by atoms with Gasteiger partial charge >= 0.3 is 5.97 Å². The number of aromatic carboxylic acids is 1. The summed E-state index contributed by atoms with van der Waals surface area (Å²) in [6.07, 6.45) is 2.55. The van der Waals surface area contributed by atoms with Crippen molar-refractivity contribution in [1.82, 2.24) is 0 Å². The second kappa shape index (κ2) is 2.97. The summed E-state index contributed by atoms with van der Waals surface area (Å²) in [6.45, 7) is 1.97. The zero-order chi connectivity index (χ0) is 11.3. The Balaban J connectivity index is 1.81.